The van der Waals surface area contributed by atoms with Crippen molar-refractivity contribution in [3.63, 3.8) is 0 Å². The Labute approximate surface area is 109 Å². The zero-order chi connectivity index (χ0) is 13.8. The summed E-state index contributed by atoms with van der Waals surface area (Å²) in [6, 6.07) is 5.29. The SMILES string of the molecule is CCCC(C)(O)CNC(C)c1ccc(C)c(F)c1. The Bertz CT molecular complexity index is 390. The summed E-state index contributed by atoms with van der Waals surface area (Å²) in [5.74, 6) is -0.179. The van der Waals surface area contributed by atoms with Gasteiger partial charge in [-0.3, -0.25) is 0 Å². The Kier molecular flexibility index (Phi) is 5.29. The first-order valence-electron chi connectivity index (χ1n) is 6.57. The van der Waals surface area contributed by atoms with Crippen LogP contribution in [0.1, 0.15) is 50.8 Å². The van der Waals surface area contributed by atoms with Crippen LogP contribution in [0.3, 0.4) is 0 Å². The number of hydrogen-bond donors (Lipinski definition) is 2. The molecule has 2 nitrogen and oxygen atoms in total. The molecule has 0 radical (unpaired) electrons. The third kappa shape index (κ3) is 4.39. The molecule has 0 aromatic heterocycles. The Hall–Kier alpha value is -0.930. The van der Waals surface area contributed by atoms with E-state index in [1.54, 1.807) is 19.1 Å². The van der Waals surface area contributed by atoms with Crippen LogP contribution in [-0.4, -0.2) is 17.3 Å². The van der Waals surface area contributed by atoms with Crippen molar-refractivity contribution in [1.82, 2.24) is 5.32 Å². The molecule has 2 N–H and O–H groups in total. The van der Waals surface area contributed by atoms with E-state index in [-0.39, 0.29) is 11.9 Å². The van der Waals surface area contributed by atoms with Gasteiger partial charge in [0.2, 0.25) is 0 Å². The summed E-state index contributed by atoms with van der Waals surface area (Å²) < 4.78 is 13.5. The van der Waals surface area contributed by atoms with E-state index in [0.29, 0.717) is 12.1 Å². The van der Waals surface area contributed by atoms with Gasteiger partial charge in [0.1, 0.15) is 5.82 Å². The zero-order valence-electron chi connectivity index (χ0n) is 11.8. The Morgan fingerprint density at radius 3 is 2.67 bits per heavy atom. The monoisotopic (exact) mass is 253 g/mol. The normalized spacial score (nSPS) is 16.3. The average Bonchev–Trinajstić information content (AvgIpc) is 2.30. The fourth-order valence-corrected chi connectivity index (χ4v) is 2.00. The van der Waals surface area contributed by atoms with E-state index >= 15 is 0 Å². The minimum absolute atomic E-state index is 0.0310. The lowest BCUT2D eigenvalue weighted by molar-refractivity contribution is 0.0476. The second kappa shape index (κ2) is 6.30. The number of aliphatic hydroxyl groups is 1. The molecule has 0 saturated heterocycles. The van der Waals surface area contributed by atoms with Crippen LogP contribution in [0.5, 0.6) is 0 Å². The minimum Gasteiger partial charge on any atom is -0.389 e. The molecule has 2 unspecified atom stereocenters. The van der Waals surface area contributed by atoms with Gasteiger partial charge < -0.3 is 10.4 Å². The first-order valence-corrected chi connectivity index (χ1v) is 6.57. The molecule has 0 saturated carbocycles. The number of halogens is 1. The molecule has 2 atom stereocenters. The highest BCUT2D eigenvalue weighted by molar-refractivity contribution is 5.25. The van der Waals surface area contributed by atoms with E-state index in [1.165, 1.54) is 0 Å². The van der Waals surface area contributed by atoms with E-state index in [2.05, 4.69) is 5.32 Å². The molecule has 3 heteroatoms. The molecule has 0 aliphatic carbocycles. The van der Waals surface area contributed by atoms with Crippen molar-refractivity contribution >= 4 is 0 Å². The van der Waals surface area contributed by atoms with Crippen molar-refractivity contribution in [2.45, 2.75) is 52.2 Å². The van der Waals surface area contributed by atoms with Crippen molar-refractivity contribution in [1.29, 1.82) is 0 Å². The number of nitrogens with one attached hydrogen (secondary N) is 1. The molecule has 0 amide bonds. The molecule has 0 heterocycles. The molecular formula is C15H24FNO. The molecule has 0 spiro atoms. The third-order valence-electron chi connectivity index (χ3n) is 3.27. The summed E-state index contributed by atoms with van der Waals surface area (Å²) in [6.07, 6.45) is 1.71. The van der Waals surface area contributed by atoms with Crippen molar-refractivity contribution in [3.05, 3.63) is 35.1 Å². The highest BCUT2D eigenvalue weighted by Crippen LogP contribution is 2.18. The molecule has 0 fully saturated rings. The number of aryl methyl sites for hydroxylation is 1. The van der Waals surface area contributed by atoms with Crippen molar-refractivity contribution in [2.75, 3.05) is 6.54 Å². The summed E-state index contributed by atoms with van der Waals surface area (Å²) in [7, 11) is 0. The van der Waals surface area contributed by atoms with Gasteiger partial charge in [-0.15, -0.1) is 0 Å². The maximum absolute atomic E-state index is 13.5. The van der Waals surface area contributed by atoms with E-state index in [0.717, 1.165) is 18.4 Å². The Morgan fingerprint density at radius 1 is 1.44 bits per heavy atom. The van der Waals surface area contributed by atoms with E-state index in [1.807, 2.05) is 26.8 Å². The molecular weight excluding hydrogens is 229 g/mol. The second-order valence-electron chi connectivity index (χ2n) is 5.36. The van der Waals surface area contributed by atoms with Gasteiger partial charge in [-0.1, -0.05) is 25.5 Å². The Balaban J connectivity index is 2.60. The van der Waals surface area contributed by atoms with E-state index in [9.17, 15) is 9.50 Å². The topological polar surface area (TPSA) is 32.3 Å². The van der Waals surface area contributed by atoms with Gasteiger partial charge in [0.25, 0.3) is 0 Å². The number of rotatable bonds is 6. The van der Waals surface area contributed by atoms with Crippen molar-refractivity contribution in [3.8, 4) is 0 Å². The Morgan fingerprint density at radius 2 is 2.11 bits per heavy atom. The fourth-order valence-electron chi connectivity index (χ4n) is 2.00. The van der Waals surface area contributed by atoms with Crippen LogP contribution in [0.4, 0.5) is 4.39 Å². The van der Waals surface area contributed by atoms with Crippen LogP contribution in [-0.2, 0) is 0 Å². The van der Waals surface area contributed by atoms with Gasteiger partial charge in [0.15, 0.2) is 0 Å². The average molecular weight is 253 g/mol. The zero-order valence-corrected chi connectivity index (χ0v) is 11.8. The summed E-state index contributed by atoms with van der Waals surface area (Å²) in [5.41, 5.74) is 0.862. The molecule has 102 valence electrons. The van der Waals surface area contributed by atoms with Gasteiger partial charge in [0, 0.05) is 12.6 Å². The summed E-state index contributed by atoms with van der Waals surface area (Å²) in [6.45, 7) is 8.12. The lowest BCUT2D eigenvalue weighted by atomic mass is 9.99. The fraction of sp³-hybridized carbons (Fsp3) is 0.600. The van der Waals surface area contributed by atoms with Crippen LogP contribution in [0.15, 0.2) is 18.2 Å². The highest BCUT2D eigenvalue weighted by atomic mass is 19.1. The van der Waals surface area contributed by atoms with Crippen LogP contribution in [0, 0.1) is 12.7 Å². The molecule has 0 aliphatic heterocycles. The van der Waals surface area contributed by atoms with Crippen molar-refractivity contribution in [2.24, 2.45) is 0 Å². The lowest BCUT2D eigenvalue weighted by Gasteiger charge is -2.25. The molecule has 1 rings (SSSR count). The molecule has 1 aromatic carbocycles. The predicted octanol–water partition coefficient (Wildman–Crippen LogP) is 3.34. The van der Waals surface area contributed by atoms with E-state index < -0.39 is 5.60 Å². The largest absolute Gasteiger partial charge is 0.389 e. The highest BCUT2D eigenvalue weighted by Gasteiger charge is 2.20. The lowest BCUT2D eigenvalue weighted by Crippen LogP contribution is -2.38. The number of hydrogen-bond acceptors (Lipinski definition) is 2. The van der Waals surface area contributed by atoms with Gasteiger partial charge in [0.05, 0.1) is 5.60 Å². The first-order chi connectivity index (χ1) is 8.35. The standard InChI is InChI=1S/C15H24FNO/c1-5-8-15(4,18)10-17-12(3)13-7-6-11(2)14(16)9-13/h6-7,9,12,17-18H,5,8,10H2,1-4H3. The quantitative estimate of drug-likeness (QED) is 0.815. The van der Waals surface area contributed by atoms with Crippen LogP contribution < -0.4 is 5.32 Å². The van der Waals surface area contributed by atoms with Gasteiger partial charge in [-0.2, -0.15) is 0 Å². The smallest absolute Gasteiger partial charge is 0.126 e. The maximum atomic E-state index is 13.5. The molecule has 0 aliphatic rings. The van der Waals surface area contributed by atoms with E-state index in [4.69, 9.17) is 0 Å². The molecule has 18 heavy (non-hydrogen) atoms. The summed E-state index contributed by atoms with van der Waals surface area (Å²) in [4.78, 5) is 0. The van der Waals surface area contributed by atoms with Gasteiger partial charge >= 0.3 is 0 Å². The van der Waals surface area contributed by atoms with Crippen LogP contribution >= 0.6 is 0 Å². The summed E-state index contributed by atoms with van der Waals surface area (Å²) in [5, 5.41) is 13.3. The second-order valence-corrected chi connectivity index (χ2v) is 5.36. The van der Waals surface area contributed by atoms with Crippen LogP contribution in [0.2, 0.25) is 0 Å². The van der Waals surface area contributed by atoms with Gasteiger partial charge in [-0.05, 0) is 44.4 Å². The predicted molar refractivity (Wildman–Crippen MR) is 73.1 cm³/mol. The third-order valence-corrected chi connectivity index (χ3v) is 3.27. The van der Waals surface area contributed by atoms with Gasteiger partial charge in [-0.25, -0.2) is 4.39 Å². The molecule has 0 bridgehead atoms. The molecule has 1 aromatic rings. The summed E-state index contributed by atoms with van der Waals surface area (Å²) >= 11 is 0. The first kappa shape index (κ1) is 15.1. The van der Waals surface area contributed by atoms with Crippen LogP contribution in [0.25, 0.3) is 0 Å². The van der Waals surface area contributed by atoms with Crippen molar-refractivity contribution < 1.29 is 9.50 Å². The minimum atomic E-state index is -0.702. The number of benzene rings is 1. The maximum Gasteiger partial charge on any atom is 0.126 e.